The van der Waals surface area contributed by atoms with Gasteiger partial charge in [0.05, 0.1) is 12.0 Å². The maximum Gasteiger partial charge on any atom is 0.0925 e. The van der Waals surface area contributed by atoms with Crippen LogP contribution < -0.4 is 0 Å². The summed E-state index contributed by atoms with van der Waals surface area (Å²) in [5.74, 6) is 0.233. The zero-order valence-corrected chi connectivity index (χ0v) is 8.14. The van der Waals surface area contributed by atoms with Crippen molar-refractivity contribution in [3.8, 4) is 0 Å². The third-order valence-corrected chi connectivity index (χ3v) is 2.17. The van der Waals surface area contributed by atoms with Gasteiger partial charge in [-0.15, -0.1) is 11.6 Å². The van der Waals surface area contributed by atoms with Gasteiger partial charge in [0, 0.05) is 4.47 Å². The molecular weight excluding hydrogens is 227 g/mol. The van der Waals surface area contributed by atoms with E-state index >= 15 is 0 Å². The van der Waals surface area contributed by atoms with Crippen LogP contribution in [0, 0.1) is 0 Å². The van der Waals surface area contributed by atoms with Gasteiger partial charge in [-0.1, -0.05) is 28.1 Å². The summed E-state index contributed by atoms with van der Waals surface area (Å²) in [6.45, 7) is 0. The van der Waals surface area contributed by atoms with E-state index in [4.69, 9.17) is 11.6 Å². The Labute approximate surface area is 79.1 Å². The largest absolute Gasteiger partial charge is 0.387 e. The molecule has 11 heavy (non-hydrogen) atoms. The van der Waals surface area contributed by atoms with Gasteiger partial charge in [0.2, 0.25) is 0 Å². The van der Waals surface area contributed by atoms with Crippen molar-refractivity contribution in [1.29, 1.82) is 0 Å². The fourth-order valence-corrected chi connectivity index (χ4v) is 1.40. The molecule has 0 saturated carbocycles. The highest BCUT2D eigenvalue weighted by Gasteiger charge is 2.04. The lowest BCUT2D eigenvalue weighted by Crippen LogP contribution is -1.97. The minimum Gasteiger partial charge on any atom is -0.387 e. The molecule has 1 unspecified atom stereocenters. The molecule has 1 rings (SSSR count). The van der Waals surface area contributed by atoms with Crippen LogP contribution in [0.2, 0.25) is 0 Å². The molecule has 0 bridgehead atoms. The van der Waals surface area contributed by atoms with Crippen molar-refractivity contribution in [2.45, 2.75) is 6.10 Å². The van der Waals surface area contributed by atoms with Crippen molar-refractivity contribution >= 4 is 27.5 Å². The van der Waals surface area contributed by atoms with Crippen molar-refractivity contribution in [3.05, 3.63) is 34.3 Å². The van der Waals surface area contributed by atoms with Crippen LogP contribution >= 0.6 is 27.5 Å². The van der Waals surface area contributed by atoms with Crippen molar-refractivity contribution in [1.82, 2.24) is 0 Å². The molecule has 0 saturated heterocycles. The number of alkyl halides is 1. The van der Waals surface area contributed by atoms with E-state index in [-0.39, 0.29) is 5.88 Å². The molecule has 1 aromatic rings. The van der Waals surface area contributed by atoms with Crippen LogP contribution in [-0.2, 0) is 0 Å². The molecule has 0 spiro atoms. The quantitative estimate of drug-likeness (QED) is 0.782. The summed E-state index contributed by atoms with van der Waals surface area (Å²) in [4.78, 5) is 0. The zero-order valence-electron chi connectivity index (χ0n) is 5.80. The summed E-state index contributed by atoms with van der Waals surface area (Å²) in [5, 5.41) is 9.30. The molecule has 1 N–H and O–H groups in total. The topological polar surface area (TPSA) is 20.2 Å². The van der Waals surface area contributed by atoms with Crippen LogP contribution in [0.3, 0.4) is 0 Å². The molecule has 60 valence electrons. The maximum atomic E-state index is 9.30. The Kier molecular flexibility index (Phi) is 3.37. The SMILES string of the molecule is OC(CCl)c1cccc(Br)c1. The fraction of sp³-hybridized carbons (Fsp3) is 0.250. The number of rotatable bonds is 2. The van der Waals surface area contributed by atoms with E-state index < -0.39 is 6.10 Å². The maximum absolute atomic E-state index is 9.30. The van der Waals surface area contributed by atoms with Gasteiger partial charge in [-0.05, 0) is 17.7 Å². The smallest absolute Gasteiger partial charge is 0.0925 e. The standard InChI is InChI=1S/C8H8BrClO/c9-7-3-1-2-6(4-7)8(11)5-10/h1-4,8,11H,5H2. The third-order valence-electron chi connectivity index (χ3n) is 1.38. The third kappa shape index (κ3) is 2.47. The van der Waals surface area contributed by atoms with Gasteiger partial charge < -0.3 is 5.11 Å². The normalized spacial score (nSPS) is 13.0. The first-order chi connectivity index (χ1) is 5.24. The Morgan fingerprint density at radius 2 is 2.27 bits per heavy atom. The molecule has 0 aliphatic rings. The first kappa shape index (κ1) is 9.04. The van der Waals surface area contributed by atoms with E-state index in [1.54, 1.807) is 0 Å². The van der Waals surface area contributed by atoms with Gasteiger partial charge in [0.25, 0.3) is 0 Å². The number of benzene rings is 1. The van der Waals surface area contributed by atoms with E-state index in [9.17, 15) is 5.11 Å². The van der Waals surface area contributed by atoms with E-state index in [1.807, 2.05) is 24.3 Å². The van der Waals surface area contributed by atoms with Crippen molar-refractivity contribution < 1.29 is 5.11 Å². The fourth-order valence-electron chi connectivity index (χ4n) is 0.803. The van der Waals surface area contributed by atoms with Gasteiger partial charge >= 0.3 is 0 Å². The zero-order chi connectivity index (χ0) is 8.27. The highest BCUT2D eigenvalue weighted by atomic mass is 79.9. The summed E-state index contributed by atoms with van der Waals surface area (Å²) >= 11 is 8.78. The molecule has 0 aliphatic carbocycles. The van der Waals surface area contributed by atoms with Gasteiger partial charge in [0.1, 0.15) is 0 Å². The summed E-state index contributed by atoms with van der Waals surface area (Å²) < 4.78 is 0.958. The van der Waals surface area contributed by atoms with Gasteiger partial charge in [-0.25, -0.2) is 0 Å². The lowest BCUT2D eigenvalue weighted by atomic mass is 10.1. The molecule has 0 aliphatic heterocycles. The molecular formula is C8H8BrClO. The highest BCUT2D eigenvalue weighted by Crippen LogP contribution is 2.18. The minimum atomic E-state index is -0.561. The molecule has 0 fully saturated rings. The monoisotopic (exact) mass is 234 g/mol. The Morgan fingerprint density at radius 1 is 1.55 bits per heavy atom. The summed E-state index contributed by atoms with van der Waals surface area (Å²) in [5.41, 5.74) is 0.842. The number of aliphatic hydroxyl groups excluding tert-OH is 1. The van der Waals surface area contributed by atoms with E-state index in [1.165, 1.54) is 0 Å². The molecule has 0 amide bonds. The molecule has 0 radical (unpaired) electrons. The van der Waals surface area contributed by atoms with Gasteiger partial charge in [-0.3, -0.25) is 0 Å². The number of halogens is 2. The van der Waals surface area contributed by atoms with E-state index in [2.05, 4.69) is 15.9 Å². The first-order valence-corrected chi connectivity index (χ1v) is 4.56. The van der Waals surface area contributed by atoms with Crippen LogP contribution in [0.4, 0.5) is 0 Å². The second-order valence-corrected chi connectivity index (χ2v) is 3.45. The van der Waals surface area contributed by atoms with Crippen molar-refractivity contribution in [2.24, 2.45) is 0 Å². The summed E-state index contributed by atoms with van der Waals surface area (Å²) in [6.07, 6.45) is -0.561. The average molecular weight is 236 g/mol. The van der Waals surface area contributed by atoms with Gasteiger partial charge in [-0.2, -0.15) is 0 Å². The highest BCUT2D eigenvalue weighted by molar-refractivity contribution is 9.10. The molecule has 3 heteroatoms. The van der Waals surface area contributed by atoms with Crippen LogP contribution in [-0.4, -0.2) is 11.0 Å². The molecule has 1 nitrogen and oxygen atoms in total. The van der Waals surface area contributed by atoms with Gasteiger partial charge in [0.15, 0.2) is 0 Å². The molecule has 0 heterocycles. The lowest BCUT2D eigenvalue weighted by molar-refractivity contribution is 0.202. The van der Waals surface area contributed by atoms with Crippen LogP contribution in [0.25, 0.3) is 0 Å². The second-order valence-electron chi connectivity index (χ2n) is 2.23. The lowest BCUT2D eigenvalue weighted by Gasteiger charge is -2.06. The average Bonchev–Trinajstić information content (AvgIpc) is 2.03. The molecule has 0 aromatic heterocycles. The predicted molar refractivity (Wildman–Crippen MR) is 49.8 cm³/mol. The second kappa shape index (κ2) is 4.10. The first-order valence-electron chi connectivity index (χ1n) is 3.23. The Morgan fingerprint density at radius 3 is 2.82 bits per heavy atom. The summed E-state index contributed by atoms with van der Waals surface area (Å²) in [6, 6.07) is 7.48. The number of hydrogen-bond acceptors (Lipinski definition) is 1. The van der Waals surface area contributed by atoms with E-state index in [0.29, 0.717) is 0 Å². The van der Waals surface area contributed by atoms with Crippen LogP contribution in [0.5, 0.6) is 0 Å². The van der Waals surface area contributed by atoms with Crippen molar-refractivity contribution in [3.63, 3.8) is 0 Å². The summed E-state index contributed by atoms with van der Waals surface area (Å²) in [7, 11) is 0. The number of aliphatic hydroxyl groups is 1. The van der Waals surface area contributed by atoms with Crippen molar-refractivity contribution in [2.75, 3.05) is 5.88 Å². The van der Waals surface area contributed by atoms with Crippen LogP contribution in [0.15, 0.2) is 28.7 Å². The molecule has 1 aromatic carbocycles. The van der Waals surface area contributed by atoms with Crippen LogP contribution in [0.1, 0.15) is 11.7 Å². The molecule has 1 atom stereocenters. The Hall–Kier alpha value is -0.0500. The number of hydrogen-bond donors (Lipinski definition) is 1. The predicted octanol–water partition coefficient (Wildman–Crippen LogP) is 2.72. The minimum absolute atomic E-state index is 0.233. The Balaban J connectivity index is 2.86. The van der Waals surface area contributed by atoms with E-state index in [0.717, 1.165) is 10.0 Å². The Bertz CT molecular complexity index is 239.